The second-order valence-electron chi connectivity index (χ2n) is 9.48. The fourth-order valence-corrected chi connectivity index (χ4v) is 4.32. The number of fused-ring (bicyclic) bond motifs is 1. The van der Waals surface area contributed by atoms with Gasteiger partial charge < -0.3 is 44.2 Å². The van der Waals surface area contributed by atoms with Crippen molar-refractivity contribution in [2.45, 2.75) is 19.4 Å². The van der Waals surface area contributed by atoms with Gasteiger partial charge in [-0.15, -0.1) is 0 Å². The Morgan fingerprint density at radius 1 is 0.829 bits per heavy atom. The second-order valence-corrected chi connectivity index (χ2v) is 9.48. The van der Waals surface area contributed by atoms with Crippen LogP contribution in [0.1, 0.15) is 28.0 Å². The molecule has 41 heavy (non-hydrogen) atoms. The first kappa shape index (κ1) is 30.7. The summed E-state index contributed by atoms with van der Waals surface area (Å²) in [5.74, 6) is 1.15. The van der Waals surface area contributed by atoms with Gasteiger partial charge in [-0.3, -0.25) is 4.79 Å². The average Bonchev–Trinajstić information content (AvgIpc) is 3.02. The van der Waals surface area contributed by atoms with Gasteiger partial charge in [-0.1, -0.05) is 0 Å². The highest BCUT2D eigenvalue weighted by Gasteiger charge is 2.22. The summed E-state index contributed by atoms with van der Waals surface area (Å²) in [7, 11) is 0. The number of nitrogens with zero attached hydrogens (tertiary/aromatic N) is 6. The molecule has 2 aliphatic heterocycles. The van der Waals surface area contributed by atoms with Gasteiger partial charge in [-0.2, -0.15) is 0 Å². The molecule has 2 aliphatic rings. The first-order chi connectivity index (χ1) is 20.2. The van der Waals surface area contributed by atoms with Crippen LogP contribution in [0.4, 0.5) is 11.9 Å². The van der Waals surface area contributed by atoms with E-state index in [1.165, 1.54) is 5.56 Å². The zero-order chi connectivity index (χ0) is 28.5. The topological polar surface area (TPSA) is 153 Å². The number of rotatable bonds is 18. The smallest absolute Gasteiger partial charge is 0.254 e. The number of aldehydes is 1. The molecule has 2 aromatic rings. The molecule has 224 valence electrons. The zero-order valence-corrected chi connectivity index (χ0v) is 23.5. The summed E-state index contributed by atoms with van der Waals surface area (Å²) < 4.78 is 21.5. The van der Waals surface area contributed by atoms with Crippen LogP contribution < -0.4 is 20.4 Å². The summed E-state index contributed by atoms with van der Waals surface area (Å²) in [6.07, 6.45) is 7.20. The summed E-state index contributed by atoms with van der Waals surface area (Å²) in [4.78, 5) is 45.1. The van der Waals surface area contributed by atoms with Gasteiger partial charge in [0.25, 0.3) is 5.91 Å². The highest BCUT2D eigenvalue weighted by molar-refractivity contribution is 5.93. The van der Waals surface area contributed by atoms with Crippen molar-refractivity contribution in [1.29, 1.82) is 0 Å². The SMILES string of the molecule is O=CCCOCCOCCOCCOCCNC(=O)c1cnc(N2CCN(c3ncc4c(n3)CCNC4)CC2)nc1. The minimum atomic E-state index is -0.242. The number of nitrogens with one attached hydrogen (secondary N) is 2. The van der Waals surface area contributed by atoms with Crippen LogP contribution in [0, 0.1) is 0 Å². The lowest BCUT2D eigenvalue weighted by molar-refractivity contribution is -0.109. The first-order valence-electron chi connectivity index (χ1n) is 14.1. The van der Waals surface area contributed by atoms with Crippen LogP contribution in [0.5, 0.6) is 0 Å². The summed E-state index contributed by atoms with van der Waals surface area (Å²) in [6, 6.07) is 0. The van der Waals surface area contributed by atoms with E-state index in [9.17, 15) is 9.59 Å². The van der Waals surface area contributed by atoms with Gasteiger partial charge in [0.2, 0.25) is 11.9 Å². The molecule has 0 unspecified atom stereocenters. The number of carbonyl (C=O) groups is 2. The van der Waals surface area contributed by atoms with E-state index in [-0.39, 0.29) is 5.91 Å². The maximum atomic E-state index is 12.4. The molecular weight excluding hydrogens is 532 g/mol. The molecule has 2 N–H and O–H groups in total. The van der Waals surface area contributed by atoms with E-state index in [0.717, 1.165) is 63.6 Å². The average molecular weight is 573 g/mol. The molecule has 4 heterocycles. The molecule has 0 aromatic carbocycles. The van der Waals surface area contributed by atoms with Crippen LogP contribution in [0.3, 0.4) is 0 Å². The lowest BCUT2D eigenvalue weighted by Gasteiger charge is -2.35. The fourth-order valence-electron chi connectivity index (χ4n) is 4.32. The summed E-state index contributed by atoms with van der Waals surface area (Å²) in [6.45, 7) is 8.72. The van der Waals surface area contributed by atoms with Gasteiger partial charge >= 0.3 is 0 Å². The number of carbonyl (C=O) groups excluding carboxylic acids is 2. The molecule has 4 rings (SSSR count). The number of aromatic nitrogens is 4. The van der Waals surface area contributed by atoms with E-state index >= 15 is 0 Å². The minimum Gasteiger partial charge on any atom is -0.379 e. The van der Waals surface area contributed by atoms with Crippen LogP contribution in [0.25, 0.3) is 0 Å². The van der Waals surface area contributed by atoms with Crippen molar-refractivity contribution in [1.82, 2.24) is 30.6 Å². The molecule has 14 nitrogen and oxygen atoms in total. The highest BCUT2D eigenvalue weighted by Crippen LogP contribution is 2.18. The molecule has 0 aliphatic carbocycles. The minimum absolute atomic E-state index is 0.242. The Balaban J connectivity index is 1.04. The van der Waals surface area contributed by atoms with Gasteiger partial charge in [-0.05, 0) is 0 Å². The summed E-state index contributed by atoms with van der Waals surface area (Å²) in [5, 5.41) is 6.16. The molecule has 0 saturated carbocycles. The van der Waals surface area contributed by atoms with E-state index < -0.39 is 0 Å². The molecule has 1 saturated heterocycles. The van der Waals surface area contributed by atoms with Crippen molar-refractivity contribution >= 4 is 24.1 Å². The summed E-state index contributed by atoms with van der Waals surface area (Å²) in [5.41, 5.74) is 2.72. The van der Waals surface area contributed by atoms with Gasteiger partial charge in [0.1, 0.15) is 6.29 Å². The Labute approximate surface area is 240 Å². The number of piperazine rings is 1. The number of anilines is 2. The lowest BCUT2D eigenvalue weighted by atomic mass is 10.1. The monoisotopic (exact) mass is 572 g/mol. The van der Waals surface area contributed by atoms with Gasteiger partial charge in [-0.25, -0.2) is 19.9 Å². The van der Waals surface area contributed by atoms with E-state index in [0.29, 0.717) is 77.3 Å². The number of hydrogen-bond acceptors (Lipinski definition) is 13. The van der Waals surface area contributed by atoms with Crippen LogP contribution in [0.2, 0.25) is 0 Å². The zero-order valence-electron chi connectivity index (χ0n) is 23.5. The van der Waals surface area contributed by atoms with E-state index in [1.54, 1.807) is 12.4 Å². The van der Waals surface area contributed by atoms with Crippen molar-refractivity contribution in [3.05, 3.63) is 35.4 Å². The maximum Gasteiger partial charge on any atom is 0.254 e. The quantitative estimate of drug-likeness (QED) is 0.176. The normalized spacial score (nSPS) is 15.0. The highest BCUT2D eigenvalue weighted by atomic mass is 16.6. The van der Waals surface area contributed by atoms with Crippen LogP contribution >= 0.6 is 0 Å². The third kappa shape index (κ3) is 10.2. The van der Waals surface area contributed by atoms with E-state index in [1.807, 2.05) is 6.20 Å². The van der Waals surface area contributed by atoms with Crippen molar-refractivity contribution in [2.75, 3.05) is 102 Å². The Bertz CT molecular complexity index is 1070. The number of amides is 1. The molecule has 2 aromatic heterocycles. The van der Waals surface area contributed by atoms with Gasteiger partial charge in [0, 0.05) is 82.8 Å². The maximum absolute atomic E-state index is 12.4. The molecule has 0 bridgehead atoms. The predicted molar refractivity (Wildman–Crippen MR) is 150 cm³/mol. The molecular formula is C27H40N8O6. The Morgan fingerprint density at radius 3 is 2.07 bits per heavy atom. The first-order valence-corrected chi connectivity index (χ1v) is 14.1. The second kappa shape index (κ2) is 17.5. The Morgan fingerprint density at radius 2 is 1.41 bits per heavy atom. The standard InChI is InChI=1S/C27H40N8O6/c36-9-1-10-38-12-14-40-16-17-41-15-13-39-11-4-29-25(37)23-20-30-26(31-21-23)34-5-7-35(8-6-34)27-32-19-22-18-28-3-2-24(22)33-27/h9,19-21,28H,1-8,10-18H2,(H,29,37). The van der Waals surface area contributed by atoms with Gasteiger partial charge in [0.05, 0.1) is 64.1 Å². The fraction of sp³-hybridized carbons (Fsp3) is 0.630. The van der Waals surface area contributed by atoms with E-state index in [2.05, 4.69) is 35.4 Å². The van der Waals surface area contributed by atoms with Crippen LogP contribution in [-0.2, 0) is 36.7 Å². The molecule has 0 radical (unpaired) electrons. The number of hydrogen-bond donors (Lipinski definition) is 2. The summed E-state index contributed by atoms with van der Waals surface area (Å²) >= 11 is 0. The molecule has 0 spiro atoms. The lowest BCUT2D eigenvalue weighted by Crippen LogP contribution is -2.48. The van der Waals surface area contributed by atoms with Gasteiger partial charge in [0.15, 0.2) is 0 Å². The molecule has 0 atom stereocenters. The van der Waals surface area contributed by atoms with Crippen molar-refractivity contribution < 1.29 is 28.5 Å². The van der Waals surface area contributed by atoms with E-state index in [4.69, 9.17) is 23.9 Å². The Hall–Kier alpha value is -3.30. The predicted octanol–water partition coefficient (Wildman–Crippen LogP) is -0.376. The largest absolute Gasteiger partial charge is 0.379 e. The third-order valence-electron chi connectivity index (χ3n) is 6.57. The van der Waals surface area contributed by atoms with Crippen molar-refractivity contribution in [2.24, 2.45) is 0 Å². The third-order valence-corrected chi connectivity index (χ3v) is 6.57. The molecule has 14 heteroatoms. The number of ether oxygens (including phenoxy) is 4. The van der Waals surface area contributed by atoms with Crippen LogP contribution in [-0.4, -0.2) is 124 Å². The van der Waals surface area contributed by atoms with Crippen LogP contribution in [0.15, 0.2) is 18.6 Å². The molecule has 1 fully saturated rings. The van der Waals surface area contributed by atoms with Crippen molar-refractivity contribution in [3.8, 4) is 0 Å². The Kier molecular flexibility index (Phi) is 13.1. The van der Waals surface area contributed by atoms with Crippen molar-refractivity contribution in [3.63, 3.8) is 0 Å². The molecule has 1 amide bonds.